The Balaban J connectivity index is 2.23. The molecule has 0 heterocycles. The van der Waals surface area contributed by atoms with Crippen molar-refractivity contribution in [3.05, 3.63) is 29.0 Å². The van der Waals surface area contributed by atoms with Crippen molar-refractivity contribution in [3.8, 4) is 0 Å². The molecule has 1 saturated carbocycles. The van der Waals surface area contributed by atoms with E-state index in [1.54, 1.807) is 7.05 Å². The average molecular weight is 320 g/mol. The molecule has 0 spiro atoms. The first kappa shape index (κ1) is 15.7. The van der Waals surface area contributed by atoms with Crippen LogP contribution in [0.4, 0.5) is 4.39 Å². The third-order valence-electron chi connectivity index (χ3n) is 4.07. The van der Waals surface area contributed by atoms with Crippen molar-refractivity contribution in [1.29, 1.82) is 0 Å². The van der Waals surface area contributed by atoms with Crippen molar-refractivity contribution >= 4 is 21.6 Å². The van der Waals surface area contributed by atoms with Crippen LogP contribution in [-0.4, -0.2) is 25.8 Å². The highest BCUT2D eigenvalue weighted by Gasteiger charge is 2.30. The molecule has 1 aliphatic carbocycles. The van der Waals surface area contributed by atoms with Crippen LogP contribution in [0.1, 0.15) is 32.6 Å². The van der Waals surface area contributed by atoms with Crippen LogP contribution in [0.2, 0.25) is 5.02 Å². The minimum absolute atomic E-state index is 0.0139. The second-order valence-corrected chi connectivity index (χ2v) is 7.92. The van der Waals surface area contributed by atoms with Crippen LogP contribution in [0.25, 0.3) is 0 Å². The third kappa shape index (κ3) is 3.15. The summed E-state index contributed by atoms with van der Waals surface area (Å²) in [6.07, 6.45) is 3.81. The molecule has 0 aliphatic heterocycles. The summed E-state index contributed by atoms with van der Waals surface area (Å²) in [6, 6.07) is 3.54. The summed E-state index contributed by atoms with van der Waals surface area (Å²) in [5, 5.41) is -0.170. The molecule has 0 saturated heterocycles. The minimum atomic E-state index is -3.61. The molecule has 0 radical (unpaired) electrons. The number of halogens is 2. The monoisotopic (exact) mass is 319 g/mol. The van der Waals surface area contributed by atoms with Gasteiger partial charge < -0.3 is 0 Å². The second-order valence-electron chi connectivity index (χ2n) is 5.51. The highest BCUT2D eigenvalue weighted by Crippen LogP contribution is 2.30. The van der Waals surface area contributed by atoms with Crippen molar-refractivity contribution in [3.63, 3.8) is 0 Å². The lowest BCUT2D eigenvalue weighted by molar-refractivity contribution is 0.246. The molecule has 112 valence electrons. The van der Waals surface area contributed by atoms with Crippen LogP contribution in [0.15, 0.2) is 23.1 Å². The molecule has 0 amide bonds. The third-order valence-corrected chi connectivity index (χ3v) is 6.26. The highest BCUT2D eigenvalue weighted by atomic mass is 35.5. The molecule has 0 aromatic heterocycles. The zero-order chi connectivity index (χ0) is 14.9. The lowest BCUT2D eigenvalue weighted by Crippen LogP contribution is -2.39. The van der Waals surface area contributed by atoms with Gasteiger partial charge >= 0.3 is 0 Å². The first-order chi connectivity index (χ1) is 9.32. The lowest BCUT2D eigenvalue weighted by Gasteiger charge is -2.32. The molecule has 1 aromatic rings. The van der Waals surface area contributed by atoms with E-state index in [-0.39, 0.29) is 16.0 Å². The quantitative estimate of drug-likeness (QED) is 0.852. The predicted molar refractivity (Wildman–Crippen MR) is 77.8 cm³/mol. The molecule has 1 aliphatic rings. The van der Waals surface area contributed by atoms with Gasteiger partial charge in [-0.1, -0.05) is 18.5 Å². The van der Waals surface area contributed by atoms with Gasteiger partial charge in [0.1, 0.15) is 5.82 Å². The van der Waals surface area contributed by atoms with Gasteiger partial charge in [0.25, 0.3) is 0 Å². The fourth-order valence-electron chi connectivity index (χ4n) is 2.61. The average Bonchev–Trinajstić information content (AvgIpc) is 2.41. The largest absolute Gasteiger partial charge is 0.243 e. The molecule has 0 N–H and O–H groups in total. The highest BCUT2D eigenvalue weighted by molar-refractivity contribution is 7.89. The molecular weight excluding hydrogens is 301 g/mol. The predicted octanol–water partition coefficient (Wildman–Crippen LogP) is 3.68. The van der Waals surface area contributed by atoms with Gasteiger partial charge in [0.05, 0.1) is 9.92 Å². The van der Waals surface area contributed by atoms with Crippen LogP contribution in [0.3, 0.4) is 0 Å². The zero-order valence-corrected chi connectivity index (χ0v) is 13.2. The normalized spacial score (nSPS) is 24.1. The van der Waals surface area contributed by atoms with E-state index in [4.69, 9.17) is 11.6 Å². The fraction of sp³-hybridized carbons (Fsp3) is 0.571. The number of sulfonamides is 1. The van der Waals surface area contributed by atoms with Gasteiger partial charge in [0.15, 0.2) is 0 Å². The van der Waals surface area contributed by atoms with Crippen molar-refractivity contribution in [2.75, 3.05) is 7.05 Å². The summed E-state index contributed by atoms with van der Waals surface area (Å²) >= 11 is 5.67. The Bertz CT molecular complexity index is 583. The Hall–Kier alpha value is -0.650. The number of rotatable bonds is 3. The van der Waals surface area contributed by atoms with Gasteiger partial charge in [0.2, 0.25) is 10.0 Å². The molecule has 1 aromatic carbocycles. The maximum absolute atomic E-state index is 13.1. The van der Waals surface area contributed by atoms with Gasteiger partial charge in [-0.3, -0.25) is 0 Å². The van der Waals surface area contributed by atoms with Gasteiger partial charge in [-0.25, -0.2) is 12.8 Å². The summed E-state index contributed by atoms with van der Waals surface area (Å²) in [5.74, 6) is 0.0439. The van der Waals surface area contributed by atoms with Crippen LogP contribution in [0.5, 0.6) is 0 Å². The second kappa shape index (κ2) is 6.00. The molecular formula is C14H19ClFNO2S. The maximum atomic E-state index is 13.1. The molecule has 6 heteroatoms. The number of hydrogen-bond acceptors (Lipinski definition) is 2. The van der Waals surface area contributed by atoms with Crippen LogP contribution in [0, 0.1) is 11.7 Å². The van der Waals surface area contributed by atoms with Crippen molar-refractivity contribution in [2.45, 2.75) is 43.5 Å². The SMILES string of the molecule is CC1CCC(N(C)S(=O)(=O)c2ccc(F)c(Cl)c2)CC1. The smallest absolute Gasteiger partial charge is 0.207 e. The summed E-state index contributed by atoms with van der Waals surface area (Å²) in [5.41, 5.74) is 0. The topological polar surface area (TPSA) is 37.4 Å². The molecule has 2 rings (SSSR count). The van der Waals surface area contributed by atoms with E-state index in [2.05, 4.69) is 6.92 Å². The number of hydrogen-bond donors (Lipinski definition) is 0. The maximum Gasteiger partial charge on any atom is 0.243 e. The molecule has 0 unspecified atom stereocenters. The first-order valence-corrected chi connectivity index (χ1v) is 8.57. The summed E-state index contributed by atoms with van der Waals surface area (Å²) in [4.78, 5) is 0.0463. The van der Waals surface area contributed by atoms with Crippen molar-refractivity contribution in [2.24, 2.45) is 5.92 Å². The number of benzene rings is 1. The van der Waals surface area contributed by atoms with Gasteiger partial charge in [-0.2, -0.15) is 4.31 Å². The van der Waals surface area contributed by atoms with E-state index in [1.165, 1.54) is 16.4 Å². The molecule has 0 atom stereocenters. The Morgan fingerprint density at radius 2 is 1.85 bits per heavy atom. The van der Waals surface area contributed by atoms with E-state index >= 15 is 0 Å². The standard InChI is InChI=1S/C14H19ClFNO2S/c1-10-3-5-11(6-4-10)17(2)20(18,19)12-7-8-14(16)13(15)9-12/h7-11H,3-6H2,1-2H3. The zero-order valence-electron chi connectivity index (χ0n) is 11.6. The molecule has 3 nitrogen and oxygen atoms in total. The van der Waals surface area contributed by atoms with E-state index < -0.39 is 15.8 Å². The van der Waals surface area contributed by atoms with Crippen molar-refractivity contribution < 1.29 is 12.8 Å². The van der Waals surface area contributed by atoms with E-state index in [0.29, 0.717) is 5.92 Å². The van der Waals surface area contributed by atoms with Gasteiger partial charge in [0, 0.05) is 13.1 Å². The molecule has 0 bridgehead atoms. The van der Waals surface area contributed by atoms with Gasteiger partial charge in [-0.05, 0) is 49.8 Å². The first-order valence-electron chi connectivity index (χ1n) is 6.75. The van der Waals surface area contributed by atoms with Crippen molar-refractivity contribution in [1.82, 2.24) is 4.31 Å². The van der Waals surface area contributed by atoms with E-state index in [0.717, 1.165) is 31.7 Å². The summed E-state index contributed by atoms with van der Waals surface area (Å²) < 4.78 is 39.6. The molecule has 20 heavy (non-hydrogen) atoms. The fourth-order valence-corrected chi connectivity index (χ4v) is 4.29. The minimum Gasteiger partial charge on any atom is -0.207 e. The van der Waals surface area contributed by atoms with Crippen LogP contribution < -0.4 is 0 Å². The lowest BCUT2D eigenvalue weighted by atomic mass is 9.87. The summed E-state index contributed by atoms with van der Waals surface area (Å²) in [6.45, 7) is 2.18. The van der Waals surface area contributed by atoms with Crippen LogP contribution >= 0.6 is 11.6 Å². The van der Waals surface area contributed by atoms with Gasteiger partial charge in [-0.15, -0.1) is 0 Å². The Kier molecular flexibility index (Phi) is 4.72. The van der Waals surface area contributed by atoms with Crippen LogP contribution in [-0.2, 0) is 10.0 Å². The Morgan fingerprint density at radius 3 is 2.40 bits per heavy atom. The molecule has 1 fully saturated rings. The Labute approximate surface area is 124 Å². The van der Waals surface area contributed by atoms with E-state index in [1.807, 2.05) is 0 Å². The summed E-state index contributed by atoms with van der Waals surface area (Å²) in [7, 11) is -2.02. The Morgan fingerprint density at radius 1 is 1.25 bits per heavy atom. The van der Waals surface area contributed by atoms with E-state index in [9.17, 15) is 12.8 Å². The number of nitrogens with zero attached hydrogens (tertiary/aromatic N) is 1.